The zero-order valence-electron chi connectivity index (χ0n) is 16.6. The largest absolute Gasteiger partial charge is 0.481 e. The molecule has 1 fully saturated rings. The normalized spacial score (nSPS) is 25.5. The summed E-state index contributed by atoms with van der Waals surface area (Å²) >= 11 is 0. The van der Waals surface area contributed by atoms with E-state index in [0.29, 0.717) is 25.7 Å². The third kappa shape index (κ3) is 10.6. The van der Waals surface area contributed by atoms with E-state index >= 15 is 0 Å². The van der Waals surface area contributed by atoms with Crippen molar-refractivity contribution in [2.45, 2.75) is 82.4 Å². The topological polar surface area (TPSA) is 107 Å². The minimum Gasteiger partial charge on any atom is -0.481 e. The average molecular weight is 395 g/mol. The predicted molar refractivity (Wildman–Crippen MR) is 109 cm³/mol. The average Bonchev–Trinajstić information content (AvgIpc) is 3.03. The fraction of sp³-hybridized carbons (Fsp3) is 0.591. The van der Waals surface area contributed by atoms with Gasteiger partial charge in [0.15, 0.2) is 0 Å². The smallest absolute Gasteiger partial charge is 0.303 e. The summed E-state index contributed by atoms with van der Waals surface area (Å²) in [6, 6.07) is 0. The van der Waals surface area contributed by atoms with Gasteiger partial charge in [0.25, 0.3) is 0 Å². The lowest BCUT2D eigenvalue weighted by Gasteiger charge is -2.16. The van der Waals surface area contributed by atoms with Gasteiger partial charge < -0.3 is 25.2 Å². The van der Waals surface area contributed by atoms with E-state index in [9.17, 15) is 20.1 Å². The van der Waals surface area contributed by atoms with E-state index in [0.717, 1.165) is 12.8 Å². The van der Waals surface area contributed by atoms with Crippen molar-refractivity contribution in [3.8, 4) is 0 Å². The van der Waals surface area contributed by atoms with Crippen LogP contribution in [0.15, 0.2) is 48.6 Å². The van der Waals surface area contributed by atoms with Gasteiger partial charge in [0.05, 0.1) is 30.5 Å². The molecule has 0 aliphatic carbocycles. The van der Waals surface area contributed by atoms with E-state index in [1.165, 1.54) is 6.08 Å². The predicted octanol–water partition coefficient (Wildman–Crippen LogP) is 2.90. The molecule has 0 aromatic heterocycles. The minimum atomic E-state index is -0.901. The third-order valence-electron chi connectivity index (χ3n) is 4.44. The molecule has 0 aromatic carbocycles. The number of carbonyl (C=O) groups is 1. The summed E-state index contributed by atoms with van der Waals surface area (Å²) in [6.45, 7) is 2.08. The Bertz CT molecular complexity index is 551. The maximum atomic E-state index is 10.5. The Morgan fingerprint density at radius 1 is 1.11 bits per heavy atom. The van der Waals surface area contributed by atoms with Crippen LogP contribution in [0.25, 0.3) is 0 Å². The summed E-state index contributed by atoms with van der Waals surface area (Å²) in [7, 11) is 0. The van der Waals surface area contributed by atoms with E-state index in [1.54, 1.807) is 18.2 Å². The third-order valence-corrected chi connectivity index (χ3v) is 4.44. The van der Waals surface area contributed by atoms with Gasteiger partial charge in [-0.25, -0.2) is 0 Å². The highest BCUT2D eigenvalue weighted by atomic mass is 16.5. The molecule has 1 aliphatic heterocycles. The minimum absolute atomic E-state index is 0.0731. The van der Waals surface area contributed by atoms with Crippen molar-refractivity contribution in [1.82, 2.24) is 0 Å². The van der Waals surface area contributed by atoms with Gasteiger partial charge in [-0.05, 0) is 32.1 Å². The number of aliphatic hydroxyl groups excluding tert-OH is 3. The molecule has 5 atom stereocenters. The second-order valence-electron chi connectivity index (χ2n) is 6.92. The molecule has 0 amide bonds. The van der Waals surface area contributed by atoms with E-state index < -0.39 is 36.5 Å². The highest BCUT2D eigenvalue weighted by Crippen LogP contribution is 2.26. The summed E-state index contributed by atoms with van der Waals surface area (Å²) in [5.41, 5.74) is 0. The van der Waals surface area contributed by atoms with Crippen LogP contribution in [0.2, 0.25) is 0 Å². The Morgan fingerprint density at radius 2 is 1.86 bits per heavy atom. The number of allylic oxidation sites excluding steroid dienone is 4. The molecular formula is C22H34O6. The zero-order chi connectivity index (χ0) is 20.8. The van der Waals surface area contributed by atoms with Gasteiger partial charge in [-0.3, -0.25) is 4.79 Å². The number of carboxylic acids is 1. The number of carboxylic acid groups (broad SMARTS) is 1. The van der Waals surface area contributed by atoms with Crippen LogP contribution in [0.4, 0.5) is 0 Å². The first-order chi connectivity index (χ1) is 13.4. The lowest BCUT2D eigenvalue weighted by atomic mass is 10.0. The van der Waals surface area contributed by atoms with Crippen molar-refractivity contribution in [2.24, 2.45) is 0 Å². The maximum absolute atomic E-state index is 10.5. The molecule has 6 nitrogen and oxygen atoms in total. The van der Waals surface area contributed by atoms with Gasteiger partial charge in [-0.15, -0.1) is 0 Å². The number of rotatable bonds is 13. The standard InChI is InChI=1S/C22H34O6/c1-2-3-4-5-6-8-11-17(23)14-15-18(24)21-16-19(25)20(28-21)12-9-7-10-13-22(26)27/h3-4,6-9,14-15,17-21,23-25H,2,5,10-13,16H2,1H3,(H,26,27)/b4-3-,8-6-,9-7-,15-14+/t17-,18-,19-,20-,21-/m1/s1. The fourth-order valence-electron chi connectivity index (χ4n) is 2.87. The summed E-state index contributed by atoms with van der Waals surface area (Å²) in [4.78, 5) is 10.5. The molecule has 0 saturated carbocycles. The summed E-state index contributed by atoms with van der Waals surface area (Å²) in [5, 5.41) is 38.8. The van der Waals surface area contributed by atoms with Crippen LogP contribution in [0, 0.1) is 0 Å². The number of hydrogen-bond donors (Lipinski definition) is 4. The Kier molecular flexibility index (Phi) is 12.4. The molecule has 0 radical (unpaired) electrons. The number of aliphatic hydroxyl groups is 3. The van der Waals surface area contributed by atoms with Crippen molar-refractivity contribution < 1.29 is 30.0 Å². The highest BCUT2D eigenvalue weighted by Gasteiger charge is 2.36. The van der Waals surface area contributed by atoms with Crippen LogP contribution in [0.3, 0.4) is 0 Å². The fourth-order valence-corrected chi connectivity index (χ4v) is 2.87. The van der Waals surface area contributed by atoms with Crippen molar-refractivity contribution in [3.63, 3.8) is 0 Å². The van der Waals surface area contributed by atoms with Gasteiger partial charge in [-0.2, -0.15) is 0 Å². The summed E-state index contributed by atoms with van der Waals surface area (Å²) in [6.07, 6.45) is 15.1. The first-order valence-electron chi connectivity index (χ1n) is 9.98. The first kappa shape index (κ1) is 24.3. The summed E-state index contributed by atoms with van der Waals surface area (Å²) < 4.78 is 5.71. The Balaban J connectivity index is 2.33. The SMILES string of the molecule is CC/C=C\C/C=C\C[C@@H](O)/C=C/[C@@H](O)[C@H]1C[C@@H](O)[C@@H](C/C=C\CCC(=O)O)O1. The van der Waals surface area contributed by atoms with E-state index in [1.807, 2.05) is 12.2 Å². The number of aliphatic carboxylic acids is 1. The number of hydrogen-bond acceptors (Lipinski definition) is 5. The molecule has 0 spiro atoms. The second-order valence-corrected chi connectivity index (χ2v) is 6.92. The second kappa shape index (κ2) is 14.3. The molecule has 0 bridgehead atoms. The highest BCUT2D eigenvalue weighted by molar-refractivity contribution is 5.66. The Labute approximate surface area is 167 Å². The van der Waals surface area contributed by atoms with Crippen LogP contribution in [-0.2, 0) is 9.53 Å². The lowest BCUT2D eigenvalue weighted by Crippen LogP contribution is -2.24. The van der Waals surface area contributed by atoms with E-state index in [4.69, 9.17) is 9.84 Å². The van der Waals surface area contributed by atoms with Crippen LogP contribution in [0.1, 0.15) is 51.9 Å². The Morgan fingerprint density at radius 3 is 2.57 bits per heavy atom. The van der Waals surface area contributed by atoms with Crippen molar-refractivity contribution in [1.29, 1.82) is 0 Å². The van der Waals surface area contributed by atoms with Crippen molar-refractivity contribution in [3.05, 3.63) is 48.6 Å². The molecule has 1 heterocycles. The molecule has 6 heteroatoms. The van der Waals surface area contributed by atoms with Crippen LogP contribution in [-0.4, -0.2) is 56.9 Å². The molecule has 1 aliphatic rings. The number of ether oxygens (including phenoxy) is 1. The molecule has 1 rings (SSSR count). The van der Waals surface area contributed by atoms with Gasteiger partial charge in [-0.1, -0.05) is 55.5 Å². The lowest BCUT2D eigenvalue weighted by molar-refractivity contribution is -0.136. The first-order valence-corrected chi connectivity index (χ1v) is 9.98. The van der Waals surface area contributed by atoms with E-state index in [2.05, 4.69) is 19.1 Å². The molecule has 0 aromatic rings. The molecule has 0 unspecified atom stereocenters. The zero-order valence-corrected chi connectivity index (χ0v) is 16.6. The van der Waals surface area contributed by atoms with E-state index in [-0.39, 0.29) is 6.42 Å². The van der Waals surface area contributed by atoms with Gasteiger partial charge >= 0.3 is 5.97 Å². The molecular weight excluding hydrogens is 360 g/mol. The van der Waals surface area contributed by atoms with Crippen molar-refractivity contribution >= 4 is 5.97 Å². The van der Waals surface area contributed by atoms with Gasteiger partial charge in [0.2, 0.25) is 0 Å². The quantitative estimate of drug-likeness (QED) is 0.358. The maximum Gasteiger partial charge on any atom is 0.303 e. The van der Waals surface area contributed by atoms with Gasteiger partial charge in [0.1, 0.15) is 0 Å². The molecule has 158 valence electrons. The molecule has 1 saturated heterocycles. The van der Waals surface area contributed by atoms with Crippen LogP contribution >= 0.6 is 0 Å². The molecule has 28 heavy (non-hydrogen) atoms. The van der Waals surface area contributed by atoms with Crippen LogP contribution < -0.4 is 0 Å². The monoisotopic (exact) mass is 394 g/mol. The molecule has 4 N–H and O–H groups in total. The van der Waals surface area contributed by atoms with Crippen molar-refractivity contribution in [2.75, 3.05) is 0 Å². The van der Waals surface area contributed by atoms with Crippen LogP contribution in [0.5, 0.6) is 0 Å². The Hall–Kier alpha value is -1.73. The van der Waals surface area contributed by atoms with Gasteiger partial charge in [0, 0.05) is 12.8 Å². The summed E-state index contributed by atoms with van der Waals surface area (Å²) in [5.74, 6) is -0.845.